The van der Waals surface area contributed by atoms with E-state index in [1.165, 1.54) is 49.1 Å². The second kappa shape index (κ2) is 13.1. The summed E-state index contributed by atoms with van der Waals surface area (Å²) in [6.07, 6.45) is 0. The molecule has 0 saturated heterocycles. The first kappa shape index (κ1) is 33.6. The lowest BCUT2D eigenvalue weighted by atomic mass is 9.92. The van der Waals surface area contributed by atoms with Gasteiger partial charge in [0.15, 0.2) is 11.6 Å². The van der Waals surface area contributed by atoms with Crippen LogP contribution in [0.5, 0.6) is 0 Å². The quantitative estimate of drug-likeness (QED) is 0.129. The maximum absolute atomic E-state index is 5.22. The zero-order chi connectivity index (χ0) is 40.0. The minimum absolute atomic E-state index is 0.566. The molecule has 0 atom stereocenters. The van der Waals surface area contributed by atoms with Gasteiger partial charge in [-0.2, -0.15) is 9.97 Å². The van der Waals surface area contributed by atoms with E-state index in [4.69, 9.17) is 15.0 Å². The van der Waals surface area contributed by atoms with Gasteiger partial charge < -0.3 is 9.13 Å². The second-order valence-electron chi connectivity index (χ2n) is 15.6. The molecule has 284 valence electrons. The van der Waals surface area contributed by atoms with E-state index in [0.717, 1.165) is 50.0 Å². The molecule has 13 rings (SSSR count). The lowest BCUT2D eigenvalue weighted by Gasteiger charge is -2.27. The van der Waals surface area contributed by atoms with Crippen LogP contribution < -0.4 is 0 Å². The molecule has 6 heteroatoms. The Hall–Kier alpha value is -8.35. The number of nitrogens with zero attached hydrogens (tertiary/aromatic N) is 6. The van der Waals surface area contributed by atoms with Crippen molar-refractivity contribution in [2.24, 2.45) is 0 Å². The van der Waals surface area contributed by atoms with Crippen LogP contribution in [0.1, 0.15) is 0 Å². The van der Waals surface area contributed by atoms with E-state index in [1.54, 1.807) is 0 Å². The molecule has 0 radical (unpaired) electrons. The van der Waals surface area contributed by atoms with Crippen LogP contribution in [0.3, 0.4) is 0 Å². The van der Waals surface area contributed by atoms with Crippen LogP contribution in [-0.2, 0) is 0 Å². The van der Waals surface area contributed by atoms with Gasteiger partial charge in [-0.3, -0.25) is 4.57 Å². The van der Waals surface area contributed by atoms with Gasteiger partial charge in [-0.05, 0) is 76.5 Å². The van der Waals surface area contributed by atoms with Gasteiger partial charge in [-0.1, -0.05) is 152 Å². The lowest BCUT2D eigenvalue weighted by Crippen LogP contribution is -2.14. The summed E-state index contributed by atoms with van der Waals surface area (Å²) in [7, 11) is 0. The second-order valence-corrected chi connectivity index (χ2v) is 15.6. The summed E-state index contributed by atoms with van der Waals surface area (Å²) in [6.45, 7) is 0. The maximum Gasteiger partial charge on any atom is 0.238 e. The van der Waals surface area contributed by atoms with Gasteiger partial charge in [0, 0.05) is 38.4 Å². The van der Waals surface area contributed by atoms with Crippen LogP contribution in [0.15, 0.2) is 206 Å². The average Bonchev–Trinajstić information content (AvgIpc) is 3.67. The van der Waals surface area contributed by atoms with Crippen molar-refractivity contribution in [1.82, 2.24) is 28.7 Å². The number of fused-ring (bicyclic) bond motifs is 7. The van der Waals surface area contributed by atoms with Crippen molar-refractivity contribution in [3.8, 4) is 51.2 Å². The average molecular weight is 779 g/mol. The molecule has 0 unspecified atom stereocenters. The third kappa shape index (κ3) is 5.00. The first-order valence-corrected chi connectivity index (χ1v) is 20.6. The summed E-state index contributed by atoms with van der Waals surface area (Å²) in [4.78, 5) is 15.5. The van der Waals surface area contributed by atoms with Gasteiger partial charge in [0.05, 0.1) is 38.8 Å². The van der Waals surface area contributed by atoms with Crippen LogP contribution in [0, 0.1) is 0 Å². The van der Waals surface area contributed by atoms with Crippen LogP contribution in [0.25, 0.3) is 117 Å². The number of para-hydroxylation sites is 5. The lowest BCUT2D eigenvalue weighted by molar-refractivity contribution is 0.936. The van der Waals surface area contributed by atoms with E-state index in [1.807, 2.05) is 36.4 Å². The van der Waals surface area contributed by atoms with E-state index in [0.29, 0.717) is 17.6 Å². The molecule has 4 heterocycles. The fraction of sp³-hybridized carbons (Fsp3) is 0. The molecule has 2 aliphatic heterocycles. The molecule has 0 saturated carbocycles. The van der Waals surface area contributed by atoms with E-state index < -0.39 is 0 Å². The Morgan fingerprint density at radius 2 is 0.836 bits per heavy atom. The number of hydrogen-bond donors (Lipinski definition) is 0. The Morgan fingerprint density at radius 1 is 0.295 bits per heavy atom. The van der Waals surface area contributed by atoms with Crippen LogP contribution in [0.4, 0.5) is 0 Å². The van der Waals surface area contributed by atoms with Crippen molar-refractivity contribution in [3.63, 3.8) is 0 Å². The third-order valence-corrected chi connectivity index (χ3v) is 12.3. The molecule has 9 aromatic carbocycles. The molecule has 6 nitrogen and oxygen atoms in total. The minimum atomic E-state index is 0.566. The van der Waals surface area contributed by atoms with E-state index in [2.05, 4.69) is 184 Å². The highest BCUT2D eigenvalue weighted by atomic mass is 15.2. The fourth-order valence-electron chi connectivity index (χ4n) is 9.67. The number of aromatic nitrogens is 6. The molecule has 0 aliphatic carbocycles. The van der Waals surface area contributed by atoms with E-state index >= 15 is 0 Å². The fourth-order valence-corrected chi connectivity index (χ4v) is 9.67. The molecule has 0 spiro atoms. The Labute approximate surface area is 350 Å². The maximum atomic E-state index is 5.22. The van der Waals surface area contributed by atoms with Crippen LogP contribution in [0.2, 0.25) is 0 Å². The largest absolute Gasteiger partial charge is 0.309 e. The van der Waals surface area contributed by atoms with Crippen molar-refractivity contribution >= 4 is 65.4 Å². The molecule has 2 aromatic heterocycles. The van der Waals surface area contributed by atoms with E-state index in [9.17, 15) is 0 Å². The van der Waals surface area contributed by atoms with Crippen molar-refractivity contribution < 1.29 is 0 Å². The molecular weight excluding hydrogens is 745 g/mol. The Balaban J connectivity index is 1.09. The molecule has 0 fully saturated rings. The van der Waals surface area contributed by atoms with E-state index in [-0.39, 0.29) is 0 Å². The van der Waals surface area contributed by atoms with Gasteiger partial charge in [0.2, 0.25) is 5.95 Å². The molecule has 2 aliphatic rings. The van der Waals surface area contributed by atoms with Gasteiger partial charge in [0.25, 0.3) is 0 Å². The van der Waals surface area contributed by atoms with Gasteiger partial charge in [0.1, 0.15) is 0 Å². The Bertz CT molecular complexity index is 3750. The zero-order valence-corrected chi connectivity index (χ0v) is 32.8. The monoisotopic (exact) mass is 778 g/mol. The summed E-state index contributed by atoms with van der Waals surface area (Å²) in [5.41, 5.74) is 13.1. The summed E-state index contributed by atoms with van der Waals surface area (Å²) < 4.78 is 7.04. The third-order valence-electron chi connectivity index (χ3n) is 12.3. The number of benzene rings is 9. The standard InChI is InChI=1S/C55H34N6/c1-4-16-35(17-5-1)53-56-54(36-18-6-2-7-19-36)58-55(57-53)61-48-28-13-12-27-47(48)60-49-33-31-39(41-23-14-24-42(51(41)49)43-25-15-29-50(61)52(43)60)37-30-32-46-44(34-37)40-22-10-11-26-45(40)59(46)38-20-8-3-9-21-38/h1-34H. The molecule has 0 N–H and O–H groups in total. The smallest absolute Gasteiger partial charge is 0.238 e. The molecule has 0 amide bonds. The summed E-state index contributed by atoms with van der Waals surface area (Å²) in [5.74, 6) is 1.82. The normalized spacial score (nSPS) is 11.9. The summed E-state index contributed by atoms with van der Waals surface area (Å²) in [6, 6.07) is 73.3. The van der Waals surface area contributed by atoms with Crippen molar-refractivity contribution in [3.05, 3.63) is 206 Å². The van der Waals surface area contributed by atoms with Crippen molar-refractivity contribution in [2.75, 3.05) is 0 Å². The highest BCUT2D eigenvalue weighted by molar-refractivity contribution is 6.23. The number of pyridine rings is 1. The molecule has 0 bridgehead atoms. The van der Waals surface area contributed by atoms with Crippen molar-refractivity contribution in [1.29, 1.82) is 0 Å². The SMILES string of the molecule is c1ccc(-c2nc(-c3ccccc3)nc(-n3c4cccc5c4-n(c4ccc(-c6ccc7c(c6)c6ccccc6n7-c6ccccc6)c6cccc5c64)c4ccccc43)n2)cc1. The molecular formula is C55H34N6. The Morgan fingerprint density at radius 3 is 1.57 bits per heavy atom. The molecule has 11 aromatic rings. The van der Waals surface area contributed by atoms with Gasteiger partial charge in [-0.25, -0.2) is 4.98 Å². The summed E-state index contributed by atoms with van der Waals surface area (Å²) in [5, 5.41) is 7.30. The zero-order valence-electron chi connectivity index (χ0n) is 32.8. The highest BCUT2D eigenvalue weighted by Gasteiger charge is 2.25. The topological polar surface area (TPSA) is 53.5 Å². The van der Waals surface area contributed by atoms with Crippen LogP contribution >= 0.6 is 0 Å². The van der Waals surface area contributed by atoms with Gasteiger partial charge in [-0.15, -0.1) is 0 Å². The highest BCUT2D eigenvalue weighted by Crippen LogP contribution is 2.45. The molecule has 61 heavy (non-hydrogen) atoms. The first-order valence-electron chi connectivity index (χ1n) is 20.6. The van der Waals surface area contributed by atoms with Crippen molar-refractivity contribution in [2.45, 2.75) is 0 Å². The predicted molar refractivity (Wildman–Crippen MR) is 250 cm³/mol. The van der Waals surface area contributed by atoms with Gasteiger partial charge >= 0.3 is 0 Å². The number of rotatable bonds is 5. The minimum Gasteiger partial charge on any atom is -0.309 e. The predicted octanol–water partition coefficient (Wildman–Crippen LogP) is 13.6. The Kier molecular flexibility index (Phi) is 7.21. The first-order chi connectivity index (χ1) is 30.3. The van der Waals surface area contributed by atoms with Crippen LogP contribution in [-0.4, -0.2) is 28.7 Å². The number of hydrogen-bond acceptors (Lipinski definition) is 3. The summed E-state index contributed by atoms with van der Waals surface area (Å²) >= 11 is 0.